The smallest absolute Gasteiger partial charge is 0.0541 e. The van der Waals surface area contributed by atoms with Crippen LogP contribution in [0.25, 0.3) is 72.0 Å². The van der Waals surface area contributed by atoms with E-state index in [0.717, 1.165) is 5.69 Å². The number of benzene rings is 7. The molecule has 44 heavy (non-hydrogen) atoms. The summed E-state index contributed by atoms with van der Waals surface area (Å²) in [6.07, 6.45) is 0. The van der Waals surface area contributed by atoms with Crippen LogP contribution in [0.1, 0.15) is 5.56 Å². The van der Waals surface area contributed by atoms with Crippen LogP contribution in [0.15, 0.2) is 170 Å². The molecule has 7 aromatic carbocycles. The summed E-state index contributed by atoms with van der Waals surface area (Å²) in [5, 5.41) is 2.56. The molecular formula is C43H31N. The highest BCUT2D eigenvalue weighted by Gasteiger charge is 2.13. The lowest BCUT2D eigenvalue weighted by molar-refractivity contribution is 1.18. The van der Waals surface area contributed by atoms with Gasteiger partial charge < -0.3 is 4.57 Å². The quantitative estimate of drug-likeness (QED) is 0.197. The van der Waals surface area contributed by atoms with E-state index in [1.54, 1.807) is 0 Å². The molecule has 0 amide bonds. The molecule has 0 saturated heterocycles. The van der Waals surface area contributed by atoms with E-state index in [1.807, 2.05) is 0 Å². The van der Waals surface area contributed by atoms with Crippen molar-refractivity contribution in [3.05, 3.63) is 175 Å². The van der Waals surface area contributed by atoms with Crippen molar-refractivity contribution in [1.82, 2.24) is 4.57 Å². The Bertz CT molecular complexity index is 2200. The van der Waals surface area contributed by atoms with Crippen LogP contribution in [0.5, 0.6) is 0 Å². The van der Waals surface area contributed by atoms with Crippen molar-refractivity contribution in [3.8, 4) is 50.2 Å². The Morgan fingerprint density at radius 1 is 0.318 bits per heavy atom. The van der Waals surface area contributed by atoms with Crippen molar-refractivity contribution in [2.24, 2.45) is 0 Å². The number of hydrogen-bond donors (Lipinski definition) is 0. The zero-order chi connectivity index (χ0) is 29.5. The molecule has 0 saturated carbocycles. The lowest BCUT2D eigenvalue weighted by Gasteiger charge is -2.14. The van der Waals surface area contributed by atoms with Gasteiger partial charge in [-0.05, 0) is 106 Å². The number of fused-ring (bicyclic) bond motifs is 3. The molecule has 0 radical (unpaired) electrons. The SMILES string of the molecule is Cc1cc(-c2ccccc2)cc(-c2cc(-c3ccccc3)cc(-c3ccc(-n4c5ccccc5c5ccccc54)cc3)c2)c1. The predicted molar refractivity (Wildman–Crippen MR) is 187 cm³/mol. The first-order valence-electron chi connectivity index (χ1n) is 15.2. The molecule has 0 bridgehead atoms. The molecule has 8 aromatic rings. The van der Waals surface area contributed by atoms with Crippen molar-refractivity contribution in [3.63, 3.8) is 0 Å². The Hall–Kier alpha value is -5.66. The van der Waals surface area contributed by atoms with Crippen LogP contribution in [-0.4, -0.2) is 4.57 Å². The van der Waals surface area contributed by atoms with Gasteiger partial charge in [0.25, 0.3) is 0 Å². The van der Waals surface area contributed by atoms with Gasteiger partial charge in [0.05, 0.1) is 11.0 Å². The minimum atomic E-state index is 1.16. The highest BCUT2D eigenvalue weighted by Crippen LogP contribution is 2.37. The fourth-order valence-electron chi connectivity index (χ4n) is 6.51. The van der Waals surface area contributed by atoms with Crippen LogP contribution >= 0.6 is 0 Å². The van der Waals surface area contributed by atoms with Crippen molar-refractivity contribution in [2.75, 3.05) is 0 Å². The van der Waals surface area contributed by atoms with Gasteiger partial charge in [-0.3, -0.25) is 0 Å². The van der Waals surface area contributed by atoms with E-state index in [0.29, 0.717) is 0 Å². The second-order valence-corrected chi connectivity index (χ2v) is 11.5. The summed E-state index contributed by atoms with van der Waals surface area (Å²) < 4.78 is 2.37. The highest BCUT2D eigenvalue weighted by molar-refractivity contribution is 6.09. The summed E-state index contributed by atoms with van der Waals surface area (Å²) in [5.41, 5.74) is 14.6. The Morgan fingerprint density at radius 2 is 0.682 bits per heavy atom. The third-order valence-electron chi connectivity index (χ3n) is 8.60. The summed E-state index contributed by atoms with van der Waals surface area (Å²) in [6.45, 7) is 2.19. The number of aromatic nitrogens is 1. The van der Waals surface area contributed by atoms with Gasteiger partial charge in [0, 0.05) is 16.5 Å². The maximum Gasteiger partial charge on any atom is 0.0541 e. The van der Waals surface area contributed by atoms with Gasteiger partial charge in [-0.25, -0.2) is 0 Å². The molecule has 0 aliphatic carbocycles. The first kappa shape index (κ1) is 26.0. The van der Waals surface area contributed by atoms with E-state index in [1.165, 1.54) is 71.9 Å². The molecule has 0 N–H and O–H groups in total. The van der Waals surface area contributed by atoms with E-state index < -0.39 is 0 Å². The average Bonchev–Trinajstić information content (AvgIpc) is 3.43. The average molecular weight is 562 g/mol. The minimum Gasteiger partial charge on any atom is -0.309 e. The Labute approximate surface area is 258 Å². The fourth-order valence-corrected chi connectivity index (χ4v) is 6.51. The molecule has 0 aliphatic rings. The largest absolute Gasteiger partial charge is 0.309 e. The summed E-state index contributed by atoms with van der Waals surface area (Å²) in [5.74, 6) is 0. The Balaban J connectivity index is 1.26. The van der Waals surface area contributed by atoms with E-state index in [9.17, 15) is 0 Å². The van der Waals surface area contributed by atoms with Crippen LogP contribution in [0, 0.1) is 6.92 Å². The second-order valence-electron chi connectivity index (χ2n) is 11.5. The standard InChI is InChI=1S/C43H31N/c1-30-24-34(31-12-4-2-5-13-31)26-35(25-30)38-28-36(32-14-6-3-7-15-32)27-37(29-38)33-20-22-39(23-21-33)44-42-18-10-8-16-40(42)41-17-9-11-19-43(41)44/h2-29H,1H3. The van der Waals surface area contributed by atoms with Gasteiger partial charge in [-0.2, -0.15) is 0 Å². The summed E-state index contributed by atoms with van der Waals surface area (Å²) >= 11 is 0. The zero-order valence-corrected chi connectivity index (χ0v) is 24.6. The van der Waals surface area contributed by atoms with E-state index in [2.05, 4.69) is 181 Å². The molecule has 0 fully saturated rings. The van der Waals surface area contributed by atoms with Crippen molar-refractivity contribution < 1.29 is 0 Å². The molecule has 0 aliphatic heterocycles. The molecular weight excluding hydrogens is 530 g/mol. The van der Waals surface area contributed by atoms with Crippen molar-refractivity contribution in [1.29, 1.82) is 0 Å². The number of rotatable bonds is 5. The Kier molecular flexibility index (Phi) is 6.43. The highest BCUT2D eigenvalue weighted by atomic mass is 15.0. The van der Waals surface area contributed by atoms with Crippen LogP contribution < -0.4 is 0 Å². The zero-order valence-electron chi connectivity index (χ0n) is 24.6. The normalized spacial score (nSPS) is 11.3. The van der Waals surface area contributed by atoms with Crippen LogP contribution in [-0.2, 0) is 0 Å². The van der Waals surface area contributed by atoms with Crippen LogP contribution in [0.4, 0.5) is 0 Å². The van der Waals surface area contributed by atoms with Crippen LogP contribution in [0.2, 0.25) is 0 Å². The number of para-hydroxylation sites is 2. The monoisotopic (exact) mass is 561 g/mol. The topological polar surface area (TPSA) is 4.93 Å². The minimum absolute atomic E-state index is 1.16. The van der Waals surface area contributed by atoms with E-state index in [-0.39, 0.29) is 0 Å². The number of aryl methyl sites for hydroxylation is 1. The molecule has 1 heteroatoms. The lowest BCUT2D eigenvalue weighted by Crippen LogP contribution is -1.93. The molecule has 1 aromatic heterocycles. The maximum absolute atomic E-state index is 2.37. The van der Waals surface area contributed by atoms with Crippen LogP contribution in [0.3, 0.4) is 0 Å². The fraction of sp³-hybridized carbons (Fsp3) is 0.0233. The molecule has 8 rings (SSSR count). The lowest BCUT2D eigenvalue weighted by atomic mass is 9.91. The molecule has 208 valence electrons. The predicted octanol–water partition coefficient (Wildman–Crippen LogP) is 11.8. The van der Waals surface area contributed by atoms with Crippen molar-refractivity contribution >= 4 is 21.8 Å². The Morgan fingerprint density at radius 3 is 1.18 bits per heavy atom. The summed E-state index contributed by atoms with van der Waals surface area (Å²) in [4.78, 5) is 0. The number of nitrogens with zero attached hydrogens (tertiary/aromatic N) is 1. The van der Waals surface area contributed by atoms with Gasteiger partial charge in [0.15, 0.2) is 0 Å². The third kappa shape index (κ3) is 4.69. The van der Waals surface area contributed by atoms with Gasteiger partial charge in [-0.15, -0.1) is 0 Å². The van der Waals surface area contributed by atoms with Gasteiger partial charge in [0.1, 0.15) is 0 Å². The van der Waals surface area contributed by atoms with Crippen molar-refractivity contribution in [2.45, 2.75) is 6.92 Å². The van der Waals surface area contributed by atoms with E-state index in [4.69, 9.17) is 0 Å². The second kappa shape index (κ2) is 10.9. The first-order chi connectivity index (χ1) is 21.7. The first-order valence-corrected chi connectivity index (χ1v) is 15.2. The van der Waals surface area contributed by atoms with Gasteiger partial charge >= 0.3 is 0 Å². The van der Waals surface area contributed by atoms with Gasteiger partial charge in [0.2, 0.25) is 0 Å². The maximum atomic E-state index is 2.37. The van der Waals surface area contributed by atoms with E-state index >= 15 is 0 Å². The summed E-state index contributed by atoms with van der Waals surface area (Å²) in [6, 6.07) is 61.6. The molecule has 0 spiro atoms. The molecule has 0 unspecified atom stereocenters. The summed E-state index contributed by atoms with van der Waals surface area (Å²) in [7, 11) is 0. The third-order valence-corrected chi connectivity index (χ3v) is 8.60. The number of hydrogen-bond acceptors (Lipinski definition) is 0. The molecule has 1 heterocycles. The van der Waals surface area contributed by atoms with Gasteiger partial charge in [-0.1, -0.05) is 121 Å². The molecule has 1 nitrogen and oxygen atoms in total. The molecule has 0 atom stereocenters.